The molecule has 2 aromatic rings. The molecule has 3 atom stereocenters. The van der Waals surface area contributed by atoms with Gasteiger partial charge in [0.05, 0.1) is 40.5 Å². The van der Waals surface area contributed by atoms with E-state index in [1.54, 1.807) is 26.2 Å². The molecule has 0 radical (unpaired) electrons. The lowest BCUT2D eigenvalue weighted by atomic mass is 9.75. The van der Waals surface area contributed by atoms with Gasteiger partial charge in [0.1, 0.15) is 12.1 Å². The molecule has 1 amide bonds. The third-order valence-electron chi connectivity index (χ3n) is 8.27. The molecule has 2 fully saturated rings. The van der Waals surface area contributed by atoms with Crippen LogP contribution in [0.15, 0.2) is 42.5 Å². The zero-order valence-corrected chi connectivity index (χ0v) is 24.9. The Morgan fingerprint density at radius 3 is 2.17 bits per heavy atom. The van der Waals surface area contributed by atoms with Crippen LogP contribution in [0.4, 0.5) is 0 Å². The molecule has 1 heterocycles. The third kappa shape index (κ3) is 7.73. The van der Waals surface area contributed by atoms with Gasteiger partial charge in [-0.1, -0.05) is 49.6 Å². The average molecular weight is 568 g/mol. The summed E-state index contributed by atoms with van der Waals surface area (Å²) in [5.74, 6) is 0.911. The molecule has 4 rings (SSSR count). The molecule has 1 aliphatic carbocycles. The molecule has 1 aliphatic heterocycles. The van der Waals surface area contributed by atoms with Gasteiger partial charge in [0.25, 0.3) is 0 Å². The van der Waals surface area contributed by atoms with E-state index in [9.17, 15) is 9.59 Å². The fourth-order valence-electron chi connectivity index (χ4n) is 6.21. The first-order valence-corrected chi connectivity index (χ1v) is 14.9. The Hall–Kier alpha value is -3.26. The summed E-state index contributed by atoms with van der Waals surface area (Å²) in [7, 11) is 4.74. The maximum Gasteiger partial charge on any atom is 0.329 e. The van der Waals surface area contributed by atoms with Crippen LogP contribution in [-0.4, -0.2) is 63.4 Å². The van der Waals surface area contributed by atoms with Crippen molar-refractivity contribution < 1.29 is 33.3 Å². The minimum atomic E-state index is -0.610. The third-order valence-corrected chi connectivity index (χ3v) is 8.27. The van der Waals surface area contributed by atoms with Gasteiger partial charge in [-0.15, -0.1) is 0 Å². The van der Waals surface area contributed by atoms with Gasteiger partial charge in [-0.3, -0.25) is 4.79 Å². The van der Waals surface area contributed by atoms with Gasteiger partial charge in [0, 0.05) is 6.54 Å². The van der Waals surface area contributed by atoms with Gasteiger partial charge in [-0.2, -0.15) is 0 Å². The van der Waals surface area contributed by atoms with Crippen LogP contribution < -0.4 is 14.2 Å². The quantitative estimate of drug-likeness (QED) is 0.295. The van der Waals surface area contributed by atoms with Gasteiger partial charge >= 0.3 is 5.97 Å². The van der Waals surface area contributed by atoms with E-state index in [2.05, 4.69) is 0 Å². The molecule has 224 valence electrons. The van der Waals surface area contributed by atoms with Crippen molar-refractivity contribution in [2.24, 2.45) is 5.92 Å². The first-order chi connectivity index (χ1) is 20.0. The van der Waals surface area contributed by atoms with E-state index < -0.39 is 18.1 Å². The molecule has 8 heteroatoms. The van der Waals surface area contributed by atoms with Crippen LogP contribution in [0, 0.1) is 5.92 Å². The summed E-state index contributed by atoms with van der Waals surface area (Å²) < 4.78 is 28.4. The fraction of sp³-hybridized carbons (Fsp3) is 0.576. The van der Waals surface area contributed by atoms with Gasteiger partial charge < -0.3 is 28.6 Å². The molecule has 1 saturated carbocycles. The number of likely N-dealkylation sites (tertiary alicyclic amines) is 1. The number of carbonyl (C=O) groups excluding carboxylic acids is 2. The second-order valence-corrected chi connectivity index (χ2v) is 11.1. The van der Waals surface area contributed by atoms with E-state index in [1.807, 2.05) is 49.4 Å². The number of methoxy groups -OCH3 is 3. The van der Waals surface area contributed by atoms with Gasteiger partial charge in [-0.05, 0) is 68.2 Å². The Labute approximate surface area is 244 Å². The molecule has 1 unspecified atom stereocenters. The predicted molar refractivity (Wildman–Crippen MR) is 156 cm³/mol. The van der Waals surface area contributed by atoms with Crippen molar-refractivity contribution in [2.75, 3.05) is 34.5 Å². The molecule has 0 spiro atoms. The summed E-state index contributed by atoms with van der Waals surface area (Å²) in [6.07, 6.45) is 7.19. The monoisotopic (exact) mass is 567 g/mol. The standard InChI is InChI=1S/C33H45NO7/c1-23(21-40-22-24-13-7-5-8-14-24)41-33(36)27-17-11-12-18-34(27)32(35)30(25-15-9-6-10-16-25)26-19-28(37-2)31(39-4)29(20-26)38-3/h5,7-8,13-14,19-20,23,25,27,30H,6,9-12,15-18,21-22H2,1-4H3/t23?,27-,30-/m0/s1. The Bertz CT molecular complexity index is 1110. The van der Waals surface area contributed by atoms with Crippen molar-refractivity contribution >= 4 is 11.9 Å². The number of hydrogen-bond donors (Lipinski definition) is 0. The van der Waals surface area contributed by atoms with Crippen LogP contribution in [0.2, 0.25) is 0 Å². The number of esters is 1. The number of rotatable bonds is 12. The number of piperidine rings is 1. The first kappa shape index (κ1) is 30.7. The molecular weight excluding hydrogens is 522 g/mol. The molecule has 2 aromatic carbocycles. The number of nitrogens with zero attached hydrogens (tertiary/aromatic N) is 1. The average Bonchev–Trinajstić information content (AvgIpc) is 3.01. The fourth-order valence-corrected chi connectivity index (χ4v) is 6.21. The summed E-state index contributed by atoms with van der Waals surface area (Å²) in [5, 5.41) is 0. The van der Waals surface area contributed by atoms with Crippen LogP contribution in [0.5, 0.6) is 17.2 Å². The molecule has 2 aliphatic rings. The zero-order chi connectivity index (χ0) is 29.2. The highest BCUT2D eigenvalue weighted by molar-refractivity contribution is 5.89. The van der Waals surface area contributed by atoms with Gasteiger partial charge in [0.15, 0.2) is 11.5 Å². The molecule has 41 heavy (non-hydrogen) atoms. The Morgan fingerprint density at radius 2 is 1.54 bits per heavy atom. The minimum Gasteiger partial charge on any atom is -0.493 e. The highest BCUT2D eigenvalue weighted by Crippen LogP contribution is 2.45. The second kappa shape index (κ2) is 15.1. The lowest BCUT2D eigenvalue weighted by molar-refractivity contribution is -0.164. The molecule has 0 N–H and O–H groups in total. The van der Waals surface area contributed by atoms with Gasteiger partial charge in [0.2, 0.25) is 11.7 Å². The SMILES string of the molecule is COc1cc([C@@H](C(=O)N2CCCC[C@H]2C(=O)OC(C)COCc2ccccc2)C2CCCCC2)cc(OC)c1OC. The summed E-state index contributed by atoms with van der Waals surface area (Å²) in [6, 6.07) is 13.1. The lowest BCUT2D eigenvalue weighted by Gasteiger charge is -2.39. The molecule has 0 aromatic heterocycles. The topological polar surface area (TPSA) is 83.5 Å². The number of amides is 1. The van der Waals surface area contributed by atoms with E-state index in [4.69, 9.17) is 23.7 Å². The highest BCUT2D eigenvalue weighted by atomic mass is 16.6. The number of hydrogen-bond acceptors (Lipinski definition) is 7. The van der Waals surface area contributed by atoms with Crippen LogP contribution >= 0.6 is 0 Å². The molecule has 8 nitrogen and oxygen atoms in total. The smallest absolute Gasteiger partial charge is 0.329 e. The maximum atomic E-state index is 14.5. The van der Waals surface area contributed by atoms with Crippen molar-refractivity contribution in [3.63, 3.8) is 0 Å². The van der Waals surface area contributed by atoms with E-state index >= 15 is 0 Å². The molecule has 1 saturated heterocycles. The summed E-state index contributed by atoms with van der Waals surface area (Å²) in [5.41, 5.74) is 1.90. The summed E-state index contributed by atoms with van der Waals surface area (Å²) in [6.45, 7) is 3.11. The zero-order valence-electron chi connectivity index (χ0n) is 24.9. The number of carbonyl (C=O) groups is 2. The van der Waals surface area contributed by atoms with E-state index in [-0.39, 0.29) is 24.4 Å². The van der Waals surface area contributed by atoms with Crippen molar-refractivity contribution in [1.29, 1.82) is 0 Å². The van der Waals surface area contributed by atoms with Gasteiger partial charge in [-0.25, -0.2) is 4.79 Å². The first-order valence-electron chi connectivity index (χ1n) is 14.9. The van der Waals surface area contributed by atoms with Crippen LogP contribution in [0.1, 0.15) is 75.3 Å². The minimum absolute atomic E-state index is 0.0270. The van der Waals surface area contributed by atoms with Crippen molar-refractivity contribution in [2.45, 2.75) is 83.0 Å². The van der Waals surface area contributed by atoms with Crippen molar-refractivity contribution in [3.05, 3.63) is 53.6 Å². The van der Waals surface area contributed by atoms with Crippen LogP contribution in [0.3, 0.4) is 0 Å². The number of ether oxygens (including phenoxy) is 5. The predicted octanol–water partition coefficient (Wildman–Crippen LogP) is 5.91. The number of benzene rings is 2. The summed E-state index contributed by atoms with van der Waals surface area (Å²) in [4.78, 5) is 29.7. The Balaban J connectivity index is 1.52. The maximum absolute atomic E-state index is 14.5. The van der Waals surface area contributed by atoms with Crippen LogP contribution in [-0.2, 0) is 25.7 Å². The highest BCUT2D eigenvalue weighted by Gasteiger charge is 2.41. The van der Waals surface area contributed by atoms with E-state index in [0.717, 1.165) is 49.7 Å². The second-order valence-electron chi connectivity index (χ2n) is 11.1. The normalized spacial score (nSPS) is 19.2. The molecular formula is C33H45NO7. The summed E-state index contributed by atoms with van der Waals surface area (Å²) >= 11 is 0. The Kier molecular flexibility index (Phi) is 11.3. The lowest BCUT2D eigenvalue weighted by Crippen LogP contribution is -2.51. The van der Waals surface area contributed by atoms with Crippen LogP contribution in [0.25, 0.3) is 0 Å². The Morgan fingerprint density at radius 1 is 0.878 bits per heavy atom. The largest absolute Gasteiger partial charge is 0.493 e. The molecule has 0 bridgehead atoms. The van der Waals surface area contributed by atoms with Crippen molar-refractivity contribution in [1.82, 2.24) is 4.90 Å². The van der Waals surface area contributed by atoms with Crippen molar-refractivity contribution in [3.8, 4) is 17.2 Å². The van der Waals surface area contributed by atoms with E-state index in [1.165, 1.54) is 6.42 Å². The van der Waals surface area contributed by atoms with E-state index in [0.29, 0.717) is 36.8 Å².